The molecular formula is C24H32FNO4. The maximum atomic E-state index is 14.0. The number of rotatable bonds is 5. The second-order valence-corrected chi connectivity index (χ2v) is 9.55. The number of ether oxygens (including phenoxy) is 1. The average molecular weight is 418 g/mol. The van der Waals surface area contributed by atoms with Crippen LogP contribution in [0.15, 0.2) is 18.2 Å². The predicted octanol–water partition coefficient (Wildman–Crippen LogP) is 5.76. The Balaban J connectivity index is 1.82. The Kier molecular flexibility index (Phi) is 6.63. The van der Waals surface area contributed by atoms with Crippen molar-refractivity contribution in [1.29, 1.82) is 0 Å². The van der Waals surface area contributed by atoms with Gasteiger partial charge in [-0.05, 0) is 76.1 Å². The maximum Gasteiger partial charge on any atom is 0.421 e. The molecular weight excluding hydrogens is 385 g/mol. The number of imide groups is 1. The van der Waals surface area contributed by atoms with E-state index in [9.17, 15) is 18.8 Å². The number of halogens is 1. The molecule has 1 aliphatic carbocycles. The predicted molar refractivity (Wildman–Crippen MR) is 113 cm³/mol. The fourth-order valence-corrected chi connectivity index (χ4v) is 4.58. The molecule has 0 bridgehead atoms. The van der Waals surface area contributed by atoms with Crippen LogP contribution in [0.25, 0.3) is 0 Å². The van der Waals surface area contributed by atoms with E-state index in [1.165, 1.54) is 31.0 Å². The van der Waals surface area contributed by atoms with Crippen LogP contribution in [0.1, 0.15) is 84.1 Å². The molecule has 164 valence electrons. The molecule has 1 atom stereocenters. The summed E-state index contributed by atoms with van der Waals surface area (Å²) in [6, 6.07) is 3.77. The summed E-state index contributed by atoms with van der Waals surface area (Å²) in [5, 5.41) is 0. The Hall–Kier alpha value is -2.24. The van der Waals surface area contributed by atoms with E-state index in [-0.39, 0.29) is 23.0 Å². The van der Waals surface area contributed by atoms with Gasteiger partial charge in [0.1, 0.15) is 17.3 Å². The minimum atomic E-state index is -1.14. The van der Waals surface area contributed by atoms with Gasteiger partial charge in [0.15, 0.2) is 5.78 Å². The molecule has 6 heteroatoms. The zero-order valence-electron chi connectivity index (χ0n) is 18.4. The van der Waals surface area contributed by atoms with Crippen LogP contribution in [0.2, 0.25) is 0 Å². The molecule has 1 aliphatic heterocycles. The third kappa shape index (κ3) is 4.73. The number of carbonyl (C=O) groups excluding carboxylic acids is 3. The van der Waals surface area contributed by atoms with E-state index >= 15 is 0 Å². The molecule has 0 radical (unpaired) electrons. The monoisotopic (exact) mass is 417 g/mol. The summed E-state index contributed by atoms with van der Waals surface area (Å²) in [5.41, 5.74) is -0.286. The summed E-state index contributed by atoms with van der Waals surface area (Å²) in [4.78, 5) is 40.1. The van der Waals surface area contributed by atoms with Crippen LogP contribution in [0.3, 0.4) is 0 Å². The quantitative estimate of drug-likeness (QED) is 0.572. The molecule has 3 rings (SSSR count). The number of nitrogens with zero attached hydrogens (tertiary/aromatic N) is 1. The number of benzene rings is 1. The second kappa shape index (κ2) is 8.86. The largest absolute Gasteiger partial charge is 0.443 e. The van der Waals surface area contributed by atoms with Crippen molar-refractivity contribution in [1.82, 2.24) is 0 Å². The molecule has 1 unspecified atom stereocenters. The molecule has 0 N–H and O–H groups in total. The highest BCUT2D eigenvalue weighted by Crippen LogP contribution is 2.43. The highest BCUT2D eigenvalue weighted by Gasteiger charge is 2.48. The normalized spacial score (nSPS) is 24.0. The van der Waals surface area contributed by atoms with Gasteiger partial charge in [0.25, 0.3) is 5.91 Å². The van der Waals surface area contributed by atoms with E-state index in [2.05, 4.69) is 6.92 Å². The van der Waals surface area contributed by atoms with Gasteiger partial charge in [0.05, 0.1) is 5.69 Å². The van der Waals surface area contributed by atoms with Gasteiger partial charge >= 0.3 is 6.09 Å². The molecule has 1 aromatic rings. The number of amides is 2. The van der Waals surface area contributed by atoms with Crippen LogP contribution >= 0.6 is 0 Å². The fourth-order valence-electron chi connectivity index (χ4n) is 4.58. The Morgan fingerprint density at radius 2 is 1.83 bits per heavy atom. The van der Waals surface area contributed by atoms with Gasteiger partial charge in [-0.15, -0.1) is 0 Å². The molecule has 1 saturated carbocycles. The van der Waals surface area contributed by atoms with Crippen molar-refractivity contribution in [2.75, 3.05) is 4.90 Å². The van der Waals surface area contributed by atoms with E-state index in [1.54, 1.807) is 20.8 Å². The van der Waals surface area contributed by atoms with Crippen molar-refractivity contribution in [3.8, 4) is 0 Å². The van der Waals surface area contributed by atoms with E-state index in [0.717, 1.165) is 37.0 Å². The Morgan fingerprint density at radius 3 is 2.43 bits per heavy atom. The maximum absolute atomic E-state index is 14.0. The second-order valence-electron chi connectivity index (χ2n) is 9.55. The summed E-state index contributed by atoms with van der Waals surface area (Å²) in [6.07, 6.45) is 6.15. The van der Waals surface area contributed by atoms with Crippen molar-refractivity contribution >= 4 is 23.5 Å². The lowest BCUT2D eigenvalue weighted by Gasteiger charge is -2.29. The minimum absolute atomic E-state index is 0.202. The summed E-state index contributed by atoms with van der Waals surface area (Å²) < 4.78 is 19.3. The number of fused-ring (bicyclic) bond motifs is 1. The van der Waals surface area contributed by atoms with Gasteiger partial charge < -0.3 is 4.74 Å². The van der Waals surface area contributed by atoms with Crippen LogP contribution in [0.5, 0.6) is 0 Å². The topological polar surface area (TPSA) is 63.7 Å². The lowest BCUT2D eigenvalue weighted by molar-refractivity contribution is -0.131. The average Bonchev–Trinajstić information content (AvgIpc) is 2.96. The molecule has 0 saturated heterocycles. The number of hydrogen-bond donors (Lipinski definition) is 0. The minimum Gasteiger partial charge on any atom is -0.443 e. The fraction of sp³-hybridized carbons (Fsp3) is 0.625. The van der Waals surface area contributed by atoms with Gasteiger partial charge in [-0.3, -0.25) is 9.59 Å². The number of hydrogen-bond acceptors (Lipinski definition) is 4. The first-order valence-corrected chi connectivity index (χ1v) is 11.0. The molecule has 1 heterocycles. The zero-order valence-corrected chi connectivity index (χ0v) is 18.4. The molecule has 30 heavy (non-hydrogen) atoms. The summed E-state index contributed by atoms with van der Waals surface area (Å²) in [6.45, 7) is 7.29. The third-order valence-electron chi connectivity index (χ3n) is 6.08. The van der Waals surface area contributed by atoms with Gasteiger partial charge in [-0.1, -0.05) is 26.2 Å². The highest BCUT2D eigenvalue weighted by atomic mass is 19.1. The number of carbonyl (C=O) groups is 3. The molecule has 2 amide bonds. The van der Waals surface area contributed by atoms with Gasteiger partial charge in [0, 0.05) is 5.92 Å². The summed E-state index contributed by atoms with van der Waals surface area (Å²) in [7, 11) is 0. The molecule has 0 aromatic heterocycles. The summed E-state index contributed by atoms with van der Waals surface area (Å²) >= 11 is 0. The van der Waals surface area contributed by atoms with Crippen LogP contribution in [-0.2, 0) is 14.3 Å². The highest BCUT2D eigenvalue weighted by molar-refractivity contribution is 6.26. The molecule has 1 aromatic carbocycles. The van der Waals surface area contributed by atoms with Gasteiger partial charge in [-0.2, -0.15) is 0 Å². The lowest BCUT2D eigenvalue weighted by atomic mass is 9.75. The molecule has 1 fully saturated rings. The van der Waals surface area contributed by atoms with Crippen molar-refractivity contribution in [3.63, 3.8) is 0 Å². The van der Waals surface area contributed by atoms with Crippen molar-refractivity contribution < 1.29 is 23.5 Å². The Morgan fingerprint density at radius 1 is 1.17 bits per heavy atom. The number of anilines is 1. The number of Topliss-reactive ketones (excluding diaryl/α,β-unsaturated/α-hetero) is 1. The number of unbranched alkanes of at least 4 members (excludes halogenated alkanes) is 1. The Labute approximate surface area is 178 Å². The van der Waals surface area contributed by atoms with E-state index in [4.69, 9.17) is 4.74 Å². The van der Waals surface area contributed by atoms with E-state index < -0.39 is 29.3 Å². The van der Waals surface area contributed by atoms with Gasteiger partial charge in [0.2, 0.25) is 0 Å². The van der Waals surface area contributed by atoms with Crippen molar-refractivity contribution in [2.45, 2.75) is 84.2 Å². The summed E-state index contributed by atoms with van der Waals surface area (Å²) in [5.74, 6) is -2.10. The van der Waals surface area contributed by atoms with E-state index in [0.29, 0.717) is 5.92 Å². The van der Waals surface area contributed by atoms with Crippen LogP contribution in [-0.4, -0.2) is 23.4 Å². The first kappa shape index (κ1) is 22.4. The van der Waals surface area contributed by atoms with Crippen molar-refractivity contribution in [2.24, 2.45) is 11.8 Å². The smallest absolute Gasteiger partial charge is 0.421 e. The van der Waals surface area contributed by atoms with Gasteiger partial charge in [-0.25, -0.2) is 14.1 Å². The molecule has 0 spiro atoms. The molecule has 2 aliphatic rings. The standard InChI is InChI=1S/C24H32FNO4/c1-5-6-7-15-8-10-16(11-9-15)21(27)20-18-14-17(25)12-13-19(18)26(22(20)28)23(29)30-24(2,3)4/h12-16,20H,5-11H2,1-4H3. The first-order chi connectivity index (χ1) is 14.1. The Bertz CT molecular complexity index is 821. The number of ketones is 1. The molecule has 5 nitrogen and oxygen atoms in total. The SMILES string of the molecule is CCCCC1CCC(C(=O)C2C(=O)N(C(=O)OC(C)(C)C)c3ccc(F)cc32)CC1. The first-order valence-electron chi connectivity index (χ1n) is 11.0. The van der Waals surface area contributed by atoms with Crippen LogP contribution < -0.4 is 4.90 Å². The van der Waals surface area contributed by atoms with Crippen molar-refractivity contribution in [3.05, 3.63) is 29.6 Å². The van der Waals surface area contributed by atoms with Crippen LogP contribution in [0, 0.1) is 17.7 Å². The zero-order chi connectivity index (χ0) is 22.1. The lowest BCUT2D eigenvalue weighted by Crippen LogP contribution is -2.41. The third-order valence-corrected chi connectivity index (χ3v) is 6.08. The van der Waals surface area contributed by atoms with E-state index in [1.807, 2.05) is 0 Å². The van der Waals surface area contributed by atoms with Crippen LogP contribution in [0.4, 0.5) is 14.9 Å².